The second-order valence-electron chi connectivity index (χ2n) is 8.57. The number of aromatic nitrogens is 2. The summed E-state index contributed by atoms with van der Waals surface area (Å²) in [6.07, 6.45) is 4.03. The van der Waals surface area contributed by atoms with Crippen LogP contribution in [-0.2, 0) is 6.42 Å². The van der Waals surface area contributed by atoms with Gasteiger partial charge in [-0.15, -0.1) is 0 Å². The minimum Gasteiger partial charge on any atom is -0.365 e. The van der Waals surface area contributed by atoms with Crippen LogP contribution in [0.2, 0.25) is 0 Å². The van der Waals surface area contributed by atoms with Crippen molar-refractivity contribution >= 4 is 23.4 Å². The fourth-order valence-corrected chi connectivity index (χ4v) is 4.11. The van der Waals surface area contributed by atoms with Crippen LogP contribution in [0.15, 0.2) is 60.8 Å². The number of nitrogens with zero attached hydrogens (tertiary/aromatic N) is 4. The van der Waals surface area contributed by atoms with Crippen molar-refractivity contribution in [2.24, 2.45) is 5.73 Å². The molecule has 0 bridgehead atoms. The Kier molecular flexibility index (Phi) is 7.06. The lowest BCUT2D eigenvalue weighted by molar-refractivity contribution is 0.100. The minimum atomic E-state index is -0.585. The van der Waals surface area contributed by atoms with Gasteiger partial charge < -0.3 is 16.0 Å². The summed E-state index contributed by atoms with van der Waals surface area (Å²) in [4.78, 5) is 37.3. The van der Waals surface area contributed by atoms with Crippen molar-refractivity contribution < 1.29 is 9.59 Å². The predicted molar refractivity (Wildman–Crippen MR) is 133 cm³/mol. The highest BCUT2D eigenvalue weighted by atomic mass is 16.2. The molecular formula is C26H30N6O2. The van der Waals surface area contributed by atoms with Gasteiger partial charge in [0.1, 0.15) is 11.6 Å². The van der Waals surface area contributed by atoms with E-state index in [-0.39, 0.29) is 17.6 Å². The van der Waals surface area contributed by atoms with E-state index in [1.165, 1.54) is 6.20 Å². The molecule has 1 aromatic heterocycles. The third-order valence-corrected chi connectivity index (χ3v) is 6.08. The van der Waals surface area contributed by atoms with E-state index in [1.54, 1.807) is 11.9 Å². The molecule has 4 rings (SSSR count). The molecule has 1 fully saturated rings. The maximum Gasteiger partial charge on any atom is 0.324 e. The third kappa shape index (κ3) is 5.33. The summed E-state index contributed by atoms with van der Waals surface area (Å²) in [5, 5.41) is 3.30. The number of carbonyl (C=O) groups is 2. The highest BCUT2D eigenvalue weighted by Gasteiger charge is 2.22. The van der Waals surface area contributed by atoms with Gasteiger partial charge in [-0.3, -0.25) is 9.69 Å². The molecule has 0 spiro atoms. The highest BCUT2D eigenvalue weighted by Crippen LogP contribution is 2.23. The van der Waals surface area contributed by atoms with E-state index in [0.29, 0.717) is 18.1 Å². The van der Waals surface area contributed by atoms with Crippen LogP contribution >= 0.6 is 0 Å². The largest absolute Gasteiger partial charge is 0.365 e. The first-order valence-electron chi connectivity index (χ1n) is 11.5. The maximum atomic E-state index is 12.8. The number of rotatable bonds is 7. The molecule has 2 heterocycles. The molecule has 0 saturated carbocycles. The number of amides is 3. The molecule has 3 amide bonds. The summed E-state index contributed by atoms with van der Waals surface area (Å²) in [5.74, 6) is 0.378. The zero-order valence-corrected chi connectivity index (χ0v) is 19.6. The molecule has 34 heavy (non-hydrogen) atoms. The quantitative estimate of drug-likeness (QED) is 0.557. The number of hydrogen-bond acceptors (Lipinski definition) is 5. The standard InChI is InChI=1S/C26H30N6O2/c1-18(20-10-4-3-5-11-20)29-25-22(24(27)33)17-28-23(30-25)16-19-9-8-12-21(15-19)31(2)26(34)32-13-6-7-14-32/h3-5,8-12,15,17-18H,6-7,13-14,16H2,1-2H3,(H2,27,33)(H,28,29,30)/t18-/m1/s1. The lowest BCUT2D eigenvalue weighted by Gasteiger charge is -2.24. The van der Waals surface area contributed by atoms with Crippen LogP contribution < -0.4 is 16.0 Å². The molecule has 8 heteroatoms. The third-order valence-electron chi connectivity index (χ3n) is 6.08. The number of likely N-dealkylation sites (tertiary alicyclic amines) is 1. The number of anilines is 2. The Morgan fingerprint density at radius 2 is 1.85 bits per heavy atom. The molecule has 2 aromatic carbocycles. The average Bonchev–Trinajstić information content (AvgIpc) is 3.39. The molecule has 176 valence electrons. The van der Waals surface area contributed by atoms with Gasteiger partial charge in [0.25, 0.3) is 5.91 Å². The zero-order chi connectivity index (χ0) is 24.1. The van der Waals surface area contributed by atoms with Gasteiger partial charge in [0.2, 0.25) is 0 Å². The molecule has 0 aliphatic carbocycles. The Hall–Kier alpha value is -3.94. The molecule has 0 radical (unpaired) electrons. The van der Waals surface area contributed by atoms with Crippen molar-refractivity contribution in [3.05, 3.63) is 83.3 Å². The van der Waals surface area contributed by atoms with Crippen molar-refractivity contribution in [3.63, 3.8) is 0 Å². The van der Waals surface area contributed by atoms with Gasteiger partial charge in [-0.1, -0.05) is 42.5 Å². The summed E-state index contributed by atoms with van der Waals surface area (Å²) in [6.45, 7) is 3.61. The molecular weight excluding hydrogens is 428 g/mol. The average molecular weight is 459 g/mol. The Bertz CT molecular complexity index is 1160. The summed E-state index contributed by atoms with van der Waals surface area (Å²) in [5.41, 5.74) is 8.66. The fourth-order valence-electron chi connectivity index (χ4n) is 4.11. The first-order valence-corrected chi connectivity index (χ1v) is 11.5. The van der Waals surface area contributed by atoms with Crippen LogP contribution in [0.1, 0.15) is 53.1 Å². The van der Waals surface area contributed by atoms with Gasteiger partial charge in [-0.25, -0.2) is 14.8 Å². The lowest BCUT2D eigenvalue weighted by atomic mass is 10.1. The van der Waals surface area contributed by atoms with Crippen molar-refractivity contribution in [2.45, 2.75) is 32.2 Å². The summed E-state index contributed by atoms with van der Waals surface area (Å²) in [6, 6.07) is 17.6. The molecule has 1 aliphatic rings. The fraction of sp³-hybridized carbons (Fsp3) is 0.308. The normalized spacial score (nSPS) is 14.0. The summed E-state index contributed by atoms with van der Waals surface area (Å²) in [7, 11) is 1.80. The second-order valence-corrected chi connectivity index (χ2v) is 8.57. The van der Waals surface area contributed by atoms with Crippen molar-refractivity contribution in [2.75, 3.05) is 30.4 Å². The number of nitrogens with two attached hydrogens (primary N) is 1. The van der Waals surface area contributed by atoms with E-state index >= 15 is 0 Å². The lowest BCUT2D eigenvalue weighted by Crippen LogP contribution is -2.39. The first kappa shape index (κ1) is 23.2. The highest BCUT2D eigenvalue weighted by molar-refractivity contribution is 5.97. The number of benzene rings is 2. The Morgan fingerprint density at radius 3 is 2.56 bits per heavy atom. The van der Waals surface area contributed by atoms with Crippen molar-refractivity contribution in [1.29, 1.82) is 0 Å². The molecule has 0 unspecified atom stereocenters. The number of urea groups is 1. The molecule has 1 saturated heterocycles. The SMILES string of the molecule is C[C@@H](Nc1nc(Cc2cccc(N(C)C(=O)N3CCCC3)c2)ncc1C(N)=O)c1ccccc1. The van der Waals surface area contributed by atoms with Gasteiger partial charge in [0.15, 0.2) is 0 Å². The molecule has 3 N–H and O–H groups in total. The maximum absolute atomic E-state index is 12.8. The van der Waals surface area contributed by atoms with E-state index < -0.39 is 5.91 Å². The Morgan fingerprint density at radius 1 is 1.12 bits per heavy atom. The summed E-state index contributed by atoms with van der Waals surface area (Å²) >= 11 is 0. The van der Waals surface area contributed by atoms with E-state index in [4.69, 9.17) is 5.73 Å². The summed E-state index contributed by atoms with van der Waals surface area (Å²) < 4.78 is 0. The van der Waals surface area contributed by atoms with E-state index in [0.717, 1.165) is 42.7 Å². The first-order chi connectivity index (χ1) is 16.4. The van der Waals surface area contributed by atoms with Gasteiger partial charge in [-0.2, -0.15) is 0 Å². The van der Waals surface area contributed by atoms with Crippen LogP contribution in [0.3, 0.4) is 0 Å². The van der Waals surface area contributed by atoms with Crippen LogP contribution in [0.4, 0.5) is 16.3 Å². The predicted octanol–water partition coefficient (Wildman–Crippen LogP) is 3.99. The topological polar surface area (TPSA) is 104 Å². The van der Waals surface area contributed by atoms with Crippen molar-refractivity contribution in [1.82, 2.24) is 14.9 Å². The van der Waals surface area contributed by atoms with Crippen LogP contribution in [0, 0.1) is 0 Å². The van der Waals surface area contributed by atoms with Gasteiger partial charge in [-0.05, 0) is 43.0 Å². The number of primary amides is 1. The van der Waals surface area contributed by atoms with E-state index in [1.807, 2.05) is 66.4 Å². The molecule has 3 aromatic rings. The number of carbonyl (C=O) groups excluding carboxylic acids is 2. The van der Waals surface area contributed by atoms with Crippen molar-refractivity contribution in [3.8, 4) is 0 Å². The Balaban J connectivity index is 1.53. The van der Waals surface area contributed by atoms with Gasteiger partial charge >= 0.3 is 6.03 Å². The van der Waals surface area contributed by atoms with E-state index in [9.17, 15) is 9.59 Å². The molecule has 1 atom stereocenters. The number of nitrogens with one attached hydrogen (secondary N) is 1. The smallest absolute Gasteiger partial charge is 0.324 e. The minimum absolute atomic E-state index is 0.0121. The Labute approximate surface area is 199 Å². The second kappa shape index (κ2) is 10.3. The van der Waals surface area contributed by atoms with Gasteiger partial charge in [0, 0.05) is 44.5 Å². The van der Waals surface area contributed by atoms with Crippen LogP contribution in [0.5, 0.6) is 0 Å². The molecule has 1 aliphatic heterocycles. The monoisotopic (exact) mass is 458 g/mol. The van der Waals surface area contributed by atoms with Crippen LogP contribution in [-0.4, -0.2) is 46.9 Å². The molecule has 8 nitrogen and oxygen atoms in total. The number of hydrogen-bond donors (Lipinski definition) is 2. The zero-order valence-electron chi connectivity index (χ0n) is 19.6. The van der Waals surface area contributed by atoms with Gasteiger partial charge in [0.05, 0.1) is 5.56 Å². The van der Waals surface area contributed by atoms with Crippen LogP contribution in [0.25, 0.3) is 0 Å². The van der Waals surface area contributed by atoms with E-state index in [2.05, 4.69) is 15.3 Å².